The van der Waals surface area contributed by atoms with Crippen LogP contribution in [0.3, 0.4) is 0 Å². The fraction of sp³-hybridized carbons (Fsp3) is 0.667. The molecule has 0 radical (unpaired) electrons. The molecule has 0 spiro atoms. The maximum atomic E-state index is 13.4. The summed E-state index contributed by atoms with van der Waals surface area (Å²) in [7, 11) is 0. The van der Waals surface area contributed by atoms with Gasteiger partial charge in [-0.2, -0.15) is 0 Å². The first-order valence-electron chi connectivity index (χ1n) is 9.09. The molecule has 2 aliphatic rings. The Bertz CT molecular complexity index is 639. The molecule has 2 fully saturated rings. The van der Waals surface area contributed by atoms with Gasteiger partial charge in [-0.25, -0.2) is 17.6 Å². The van der Waals surface area contributed by atoms with Crippen molar-refractivity contribution < 1.29 is 27.2 Å². The summed E-state index contributed by atoms with van der Waals surface area (Å²) in [5, 5.41) is 4.86. The lowest BCUT2D eigenvalue weighted by Gasteiger charge is -2.29. The molecule has 0 atom stereocenters. The molecule has 150 valence electrons. The number of hydrogen-bond acceptors (Lipinski definition) is 3. The van der Waals surface area contributed by atoms with Gasteiger partial charge in [0, 0.05) is 0 Å². The summed E-state index contributed by atoms with van der Waals surface area (Å²) in [4.78, 5) is 25.0. The Balaban J connectivity index is 1.69. The molecule has 3 rings (SSSR count). The first-order chi connectivity index (χ1) is 12.8. The molecule has 0 saturated heterocycles. The zero-order chi connectivity index (χ0) is 19.7. The van der Waals surface area contributed by atoms with E-state index in [-0.39, 0.29) is 35.4 Å². The van der Waals surface area contributed by atoms with Crippen molar-refractivity contribution in [2.75, 3.05) is 0 Å². The molecular weight excluding hydrogens is 384 g/mol. The van der Waals surface area contributed by atoms with Gasteiger partial charge in [0.15, 0.2) is 0 Å². The van der Waals surface area contributed by atoms with Crippen molar-refractivity contribution in [3.63, 3.8) is 0 Å². The van der Waals surface area contributed by atoms with E-state index in [0.29, 0.717) is 25.7 Å². The van der Waals surface area contributed by atoms with E-state index >= 15 is 0 Å². The summed E-state index contributed by atoms with van der Waals surface area (Å²) in [6.07, 6.45) is -1.98. The van der Waals surface area contributed by atoms with Gasteiger partial charge in [0.1, 0.15) is 11.1 Å². The van der Waals surface area contributed by atoms with Crippen LogP contribution in [0.1, 0.15) is 70.7 Å². The van der Waals surface area contributed by atoms with Crippen molar-refractivity contribution in [3.05, 3.63) is 21.9 Å². The Morgan fingerprint density at radius 2 is 1.11 bits per heavy atom. The Kier molecular flexibility index (Phi) is 5.79. The predicted octanol–water partition coefficient (Wildman–Crippen LogP) is 4.36. The third-order valence-electron chi connectivity index (χ3n) is 5.61. The summed E-state index contributed by atoms with van der Waals surface area (Å²) in [5.41, 5.74) is -3.04. The maximum absolute atomic E-state index is 13.4. The topological polar surface area (TPSA) is 58.2 Å². The Hall–Kier alpha value is -1.64. The fourth-order valence-corrected chi connectivity index (χ4v) is 4.76. The molecule has 0 bridgehead atoms. The van der Waals surface area contributed by atoms with Crippen LogP contribution in [0.5, 0.6) is 0 Å². The van der Waals surface area contributed by atoms with Crippen molar-refractivity contribution in [3.8, 4) is 0 Å². The van der Waals surface area contributed by atoms with Gasteiger partial charge in [-0.15, -0.1) is 11.3 Å². The highest BCUT2D eigenvalue weighted by atomic mass is 32.1. The Morgan fingerprint density at radius 3 is 1.41 bits per heavy atom. The summed E-state index contributed by atoms with van der Waals surface area (Å²) in [6, 6.07) is 2.74. The summed E-state index contributed by atoms with van der Waals surface area (Å²) >= 11 is 0.823. The van der Waals surface area contributed by atoms with Gasteiger partial charge in [-0.05, 0) is 37.8 Å². The monoisotopic (exact) mass is 406 g/mol. The van der Waals surface area contributed by atoms with E-state index in [0.717, 1.165) is 11.3 Å². The Morgan fingerprint density at radius 1 is 0.778 bits per heavy atom. The van der Waals surface area contributed by atoms with Crippen molar-refractivity contribution in [2.45, 2.75) is 75.3 Å². The minimum atomic E-state index is -2.67. The van der Waals surface area contributed by atoms with Crippen LogP contribution in [0.25, 0.3) is 0 Å². The van der Waals surface area contributed by atoms with Crippen molar-refractivity contribution in [1.82, 2.24) is 10.6 Å². The number of carbonyl (C=O) groups is 2. The second-order valence-corrected chi connectivity index (χ2v) is 8.48. The smallest absolute Gasteiger partial charge is 0.261 e. The standard InChI is InChI=1S/C18H22F4N2O2S/c19-15(20)17(7-1-2-8-17)23-13(25)11-5-6-12(27-11)14(26)24-18(16(21)22)9-3-4-10-18/h5-6,15-16H,1-4,7-10H2,(H,23,25)(H,24,26). The lowest BCUT2D eigenvalue weighted by atomic mass is 9.98. The second kappa shape index (κ2) is 7.77. The normalized spacial score (nSPS) is 21.0. The van der Waals surface area contributed by atoms with E-state index in [1.165, 1.54) is 12.1 Å². The van der Waals surface area contributed by atoms with E-state index in [2.05, 4.69) is 10.6 Å². The SMILES string of the molecule is O=C(NC1(C(F)F)CCCC1)c1ccc(C(=O)NC2(C(F)F)CCCC2)s1. The van der Waals surface area contributed by atoms with E-state index in [4.69, 9.17) is 0 Å². The highest BCUT2D eigenvalue weighted by Gasteiger charge is 2.45. The minimum absolute atomic E-state index is 0.115. The number of carbonyl (C=O) groups excluding carboxylic acids is 2. The molecule has 0 aromatic carbocycles. The number of alkyl halides is 4. The molecule has 2 N–H and O–H groups in total. The molecule has 27 heavy (non-hydrogen) atoms. The number of halogens is 4. The average molecular weight is 406 g/mol. The lowest BCUT2D eigenvalue weighted by Crippen LogP contribution is -2.51. The second-order valence-electron chi connectivity index (χ2n) is 7.40. The van der Waals surface area contributed by atoms with Crippen LogP contribution in [0.4, 0.5) is 17.6 Å². The molecule has 0 unspecified atom stereocenters. The van der Waals surface area contributed by atoms with E-state index in [9.17, 15) is 27.2 Å². The molecule has 9 heteroatoms. The molecule has 1 heterocycles. The van der Waals surface area contributed by atoms with Crippen LogP contribution in [0, 0.1) is 0 Å². The van der Waals surface area contributed by atoms with Crippen LogP contribution >= 0.6 is 11.3 Å². The van der Waals surface area contributed by atoms with Gasteiger partial charge < -0.3 is 10.6 Å². The molecular formula is C18H22F4N2O2S. The highest BCUT2D eigenvalue weighted by Crippen LogP contribution is 2.37. The van der Waals surface area contributed by atoms with Gasteiger partial charge in [0.25, 0.3) is 24.7 Å². The molecule has 2 saturated carbocycles. The third-order valence-corrected chi connectivity index (χ3v) is 6.69. The van der Waals surface area contributed by atoms with Crippen LogP contribution in [0.2, 0.25) is 0 Å². The first-order valence-corrected chi connectivity index (χ1v) is 9.91. The molecule has 2 aliphatic carbocycles. The highest BCUT2D eigenvalue weighted by molar-refractivity contribution is 7.15. The largest absolute Gasteiger partial charge is 0.340 e. The Labute approximate surface area is 158 Å². The quantitative estimate of drug-likeness (QED) is 0.690. The zero-order valence-electron chi connectivity index (χ0n) is 14.7. The molecule has 1 aromatic heterocycles. The third kappa shape index (κ3) is 3.97. The van der Waals surface area contributed by atoms with Crippen molar-refractivity contribution in [2.24, 2.45) is 0 Å². The zero-order valence-corrected chi connectivity index (χ0v) is 15.5. The van der Waals surface area contributed by atoms with Gasteiger partial charge in [-0.3, -0.25) is 9.59 Å². The van der Waals surface area contributed by atoms with Gasteiger partial charge in [-0.1, -0.05) is 25.7 Å². The average Bonchev–Trinajstić information content (AvgIpc) is 3.36. The molecule has 1 aromatic rings. The van der Waals surface area contributed by atoms with Gasteiger partial charge in [0.05, 0.1) is 9.75 Å². The first kappa shape index (κ1) is 20.1. The number of thiophene rings is 1. The fourth-order valence-electron chi connectivity index (χ4n) is 3.96. The summed E-state index contributed by atoms with van der Waals surface area (Å²) < 4.78 is 53.6. The van der Waals surface area contributed by atoms with Gasteiger partial charge in [0.2, 0.25) is 0 Å². The molecule has 4 nitrogen and oxygen atoms in total. The predicted molar refractivity (Wildman–Crippen MR) is 93.7 cm³/mol. The number of amides is 2. The van der Waals surface area contributed by atoms with E-state index in [1.54, 1.807) is 0 Å². The lowest BCUT2D eigenvalue weighted by molar-refractivity contribution is 0.0305. The number of nitrogens with one attached hydrogen (secondary N) is 2. The van der Waals surface area contributed by atoms with Crippen molar-refractivity contribution >= 4 is 23.2 Å². The molecule has 0 aliphatic heterocycles. The van der Waals surface area contributed by atoms with E-state index < -0.39 is 35.7 Å². The van der Waals surface area contributed by atoms with Crippen LogP contribution in [0.15, 0.2) is 12.1 Å². The number of rotatable bonds is 6. The minimum Gasteiger partial charge on any atom is -0.340 e. The van der Waals surface area contributed by atoms with E-state index in [1.807, 2.05) is 0 Å². The van der Waals surface area contributed by atoms with Crippen LogP contribution in [-0.2, 0) is 0 Å². The van der Waals surface area contributed by atoms with Crippen molar-refractivity contribution in [1.29, 1.82) is 0 Å². The van der Waals surface area contributed by atoms with Crippen LogP contribution < -0.4 is 10.6 Å². The van der Waals surface area contributed by atoms with Crippen LogP contribution in [-0.4, -0.2) is 35.7 Å². The maximum Gasteiger partial charge on any atom is 0.261 e. The molecule has 2 amide bonds. The van der Waals surface area contributed by atoms with Gasteiger partial charge >= 0.3 is 0 Å². The summed E-state index contributed by atoms with van der Waals surface area (Å²) in [6.45, 7) is 0. The number of hydrogen-bond donors (Lipinski definition) is 2. The summed E-state index contributed by atoms with van der Waals surface area (Å²) in [5.74, 6) is -1.32.